The van der Waals surface area contributed by atoms with Crippen LogP contribution in [0.2, 0.25) is 0 Å². The zero-order valence-electron chi connectivity index (χ0n) is 17.2. The van der Waals surface area contributed by atoms with Crippen LogP contribution < -0.4 is 21.1 Å². The van der Waals surface area contributed by atoms with Crippen molar-refractivity contribution in [1.29, 1.82) is 0 Å². The third kappa shape index (κ3) is 5.55. The fourth-order valence-corrected chi connectivity index (χ4v) is 3.44. The molecule has 0 atom stereocenters. The van der Waals surface area contributed by atoms with Gasteiger partial charge in [0.1, 0.15) is 11.6 Å². The summed E-state index contributed by atoms with van der Waals surface area (Å²) in [5, 5.41) is 6.19. The maximum absolute atomic E-state index is 12.0. The topological polar surface area (TPSA) is 122 Å². The van der Waals surface area contributed by atoms with E-state index in [2.05, 4.69) is 35.4 Å². The van der Waals surface area contributed by atoms with Crippen LogP contribution in [0.25, 0.3) is 0 Å². The van der Waals surface area contributed by atoms with Crippen molar-refractivity contribution < 1.29 is 9.53 Å². The van der Waals surface area contributed by atoms with Gasteiger partial charge in [0.15, 0.2) is 0 Å². The van der Waals surface area contributed by atoms with Gasteiger partial charge in [-0.25, -0.2) is 0 Å². The summed E-state index contributed by atoms with van der Waals surface area (Å²) in [4.78, 5) is 29.4. The lowest BCUT2D eigenvalue weighted by Crippen LogP contribution is -2.49. The number of amides is 1. The lowest BCUT2D eigenvalue weighted by Gasteiger charge is -2.33. The van der Waals surface area contributed by atoms with Gasteiger partial charge in [0.2, 0.25) is 17.8 Å². The van der Waals surface area contributed by atoms with Crippen molar-refractivity contribution in [3.05, 3.63) is 30.1 Å². The molecule has 2 aromatic rings. The van der Waals surface area contributed by atoms with Crippen molar-refractivity contribution in [2.24, 2.45) is 0 Å². The summed E-state index contributed by atoms with van der Waals surface area (Å²) in [6, 6.07) is 7.95. The molecule has 4 N–H and O–H groups in total. The number of benzene rings is 1. The van der Waals surface area contributed by atoms with Crippen LogP contribution in [0.1, 0.15) is 18.7 Å². The molecule has 4 rings (SSSR count). The number of nitrogen functional groups attached to an aromatic ring is 1. The van der Waals surface area contributed by atoms with E-state index in [1.165, 1.54) is 0 Å². The molecule has 0 spiro atoms. The first-order chi connectivity index (χ1) is 14.6. The van der Waals surface area contributed by atoms with E-state index in [0.717, 1.165) is 44.7 Å². The monoisotopic (exact) mass is 412 g/mol. The van der Waals surface area contributed by atoms with Gasteiger partial charge in [-0.2, -0.15) is 15.0 Å². The van der Waals surface area contributed by atoms with E-state index < -0.39 is 0 Å². The van der Waals surface area contributed by atoms with Crippen molar-refractivity contribution in [1.82, 2.24) is 30.1 Å². The number of para-hydroxylation sites is 2. The summed E-state index contributed by atoms with van der Waals surface area (Å²) in [5.41, 5.74) is 6.66. The van der Waals surface area contributed by atoms with Gasteiger partial charge in [0.25, 0.3) is 0 Å². The lowest BCUT2D eigenvalue weighted by molar-refractivity contribution is -0.122. The number of piperazine rings is 1. The van der Waals surface area contributed by atoms with Crippen LogP contribution in [0.5, 0.6) is 5.75 Å². The molecular formula is C20H28N8O2. The van der Waals surface area contributed by atoms with Crippen molar-refractivity contribution in [2.75, 3.05) is 50.9 Å². The van der Waals surface area contributed by atoms with Crippen LogP contribution >= 0.6 is 0 Å². The van der Waals surface area contributed by atoms with Gasteiger partial charge in [-0.15, -0.1) is 0 Å². The summed E-state index contributed by atoms with van der Waals surface area (Å²) >= 11 is 0. The van der Waals surface area contributed by atoms with Crippen LogP contribution in [-0.4, -0.2) is 76.5 Å². The van der Waals surface area contributed by atoms with Crippen LogP contribution in [0, 0.1) is 0 Å². The Hall–Kier alpha value is -2.98. The number of nitrogens with one attached hydrogen (secondary N) is 2. The van der Waals surface area contributed by atoms with Crippen LogP contribution in [0.15, 0.2) is 24.3 Å². The number of hydrogen-bond acceptors (Lipinski definition) is 9. The number of hydrogen-bond donors (Lipinski definition) is 3. The molecule has 1 aromatic heterocycles. The second kappa shape index (κ2) is 9.23. The Labute approximate surface area is 175 Å². The molecule has 160 valence electrons. The zero-order chi connectivity index (χ0) is 20.9. The maximum Gasteiger partial charge on any atom is 0.234 e. The molecule has 0 bridgehead atoms. The first-order valence-corrected chi connectivity index (χ1v) is 10.2. The first-order valence-electron chi connectivity index (χ1n) is 10.2. The third-order valence-corrected chi connectivity index (χ3v) is 5.19. The molecule has 1 aliphatic heterocycles. The van der Waals surface area contributed by atoms with E-state index in [1.807, 2.05) is 24.3 Å². The molecule has 2 fully saturated rings. The average molecular weight is 412 g/mol. The number of aromatic nitrogens is 3. The highest BCUT2D eigenvalue weighted by atomic mass is 16.5. The molecular weight excluding hydrogens is 384 g/mol. The minimum atomic E-state index is 0.128. The molecule has 0 radical (unpaired) electrons. The number of nitrogens with two attached hydrogens (primary N) is 1. The molecule has 10 heteroatoms. The Balaban J connectivity index is 1.32. The zero-order valence-corrected chi connectivity index (χ0v) is 17.2. The lowest BCUT2D eigenvalue weighted by atomic mass is 10.3. The summed E-state index contributed by atoms with van der Waals surface area (Å²) in [5.74, 6) is 1.99. The van der Waals surface area contributed by atoms with Gasteiger partial charge in [-0.05, 0) is 25.0 Å². The van der Waals surface area contributed by atoms with Crippen LogP contribution in [0.3, 0.4) is 0 Å². The first kappa shape index (κ1) is 20.3. The summed E-state index contributed by atoms with van der Waals surface area (Å²) in [6.45, 7) is 4.41. The number of carbonyl (C=O) groups is 1. The minimum Gasteiger partial charge on any atom is -0.495 e. The highest BCUT2D eigenvalue weighted by molar-refractivity contribution is 5.78. The fourth-order valence-electron chi connectivity index (χ4n) is 3.44. The largest absolute Gasteiger partial charge is 0.495 e. The maximum atomic E-state index is 12.0. The van der Waals surface area contributed by atoms with Gasteiger partial charge in [-0.3, -0.25) is 14.6 Å². The third-order valence-electron chi connectivity index (χ3n) is 5.19. The molecule has 1 aliphatic carbocycles. The van der Waals surface area contributed by atoms with Crippen molar-refractivity contribution in [3.63, 3.8) is 0 Å². The summed E-state index contributed by atoms with van der Waals surface area (Å²) < 4.78 is 5.36. The normalized spacial score (nSPS) is 17.5. The minimum absolute atomic E-state index is 0.128. The highest BCUT2D eigenvalue weighted by Gasteiger charge is 2.25. The summed E-state index contributed by atoms with van der Waals surface area (Å²) in [7, 11) is 1.61. The SMILES string of the molecule is COc1ccccc1Nc1nc(N)nc(CN2CCN(CC(=O)NC3CC3)CC2)n1. The van der Waals surface area contributed by atoms with E-state index in [-0.39, 0.29) is 11.9 Å². The Morgan fingerprint density at radius 2 is 1.87 bits per heavy atom. The highest BCUT2D eigenvalue weighted by Crippen LogP contribution is 2.25. The van der Waals surface area contributed by atoms with E-state index >= 15 is 0 Å². The molecule has 10 nitrogen and oxygen atoms in total. The Morgan fingerprint density at radius 3 is 2.60 bits per heavy atom. The molecule has 1 saturated heterocycles. The van der Waals surface area contributed by atoms with E-state index in [4.69, 9.17) is 10.5 Å². The van der Waals surface area contributed by atoms with Gasteiger partial charge in [0, 0.05) is 32.2 Å². The molecule has 2 aliphatic rings. The number of methoxy groups -OCH3 is 1. The van der Waals surface area contributed by atoms with Gasteiger partial charge < -0.3 is 21.1 Å². The number of ether oxygens (including phenoxy) is 1. The fraction of sp³-hybridized carbons (Fsp3) is 0.500. The Morgan fingerprint density at radius 1 is 1.13 bits per heavy atom. The molecule has 1 saturated carbocycles. The number of rotatable bonds is 8. The summed E-state index contributed by atoms with van der Waals surface area (Å²) in [6.07, 6.45) is 2.23. The predicted octanol–water partition coefficient (Wildman–Crippen LogP) is 0.602. The van der Waals surface area contributed by atoms with Crippen LogP contribution in [-0.2, 0) is 11.3 Å². The van der Waals surface area contributed by atoms with Crippen molar-refractivity contribution in [2.45, 2.75) is 25.4 Å². The Bertz CT molecular complexity index is 881. The number of nitrogens with zero attached hydrogens (tertiary/aromatic N) is 5. The Kier molecular flexibility index (Phi) is 6.24. The van der Waals surface area contributed by atoms with Gasteiger partial charge >= 0.3 is 0 Å². The predicted molar refractivity (Wildman–Crippen MR) is 113 cm³/mol. The van der Waals surface area contributed by atoms with Gasteiger partial charge in [-0.1, -0.05) is 12.1 Å². The molecule has 2 heterocycles. The van der Waals surface area contributed by atoms with E-state index in [9.17, 15) is 4.79 Å². The quantitative estimate of drug-likeness (QED) is 0.572. The second-order valence-corrected chi connectivity index (χ2v) is 7.65. The average Bonchev–Trinajstić information content (AvgIpc) is 3.53. The van der Waals surface area contributed by atoms with Crippen LogP contribution in [0.4, 0.5) is 17.6 Å². The molecule has 0 unspecified atom stereocenters. The van der Waals surface area contributed by atoms with Crippen molar-refractivity contribution >= 4 is 23.5 Å². The molecule has 1 aromatic carbocycles. The number of anilines is 3. The standard InChI is InChI=1S/C20H28N8O2/c1-30-16-5-3-2-4-15(16)23-20-25-17(24-19(21)26-20)12-27-8-10-28(11-9-27)13-18(29)22-14-6-7-14/h2-5,14H,6-13H2,1H3,(H,22,29)(H3,21,23,24,25,26). The molecule has 1 amide bonds. The van der Waals surface area contributed by atoms with E-state index in [1.54, 1.807) is 7.11 Å². The number of carbonyl (C=O) groups excluding carboxylic acids is 1. The smallest absolute Gasteiger partial charge is 0.234 e. The van der Waals surface area contributed by atoms with Gasteiger partial charge in [0.05, 0.1) is 25.9 Å². The molecule has 30 heavy (non-hydrogen) atoms. The van der Waals surface area contributed by atoms with E-state index in [0.29, 0.717) is 36.7 Å². The second-order valence-electron chi connectivity index (χ2n) is 7.65. The van der Waals surface area contributed by atoms with Crippen molar-refractivity contribution in [3.8, 4) is 5.75 Å².